The van der Waals surface area contributed by atoms with Crippen molar-refractivity contribution >= 4 is 11.9 Å². The number of rotatable bonds is 3. The number of halogens is 1. The number of methoxy groups -OCH3 is 1. The van der Waals surface area contributed by atoms with Crippen LogP contribution < -0.4 is 0 Å². The molecule has 7 heteroatoms. The smallest absolute Gasteiger partial charge is 0.339 e. The molecular formula is C18H17FN2O4. The van der Waals surface area contributed by atoms with Gasteiger partial charge in [-0.3, -0.25) is 9.78 Å². The number of hydrogen-bond donors (Lipinski definition) is 0. The molecule has 1 aliphatic rings. The lowest BCUT2D eigenvalue weighted by Crippen LogP contribution is -2.42. The largest absolute Gasteiger partial charge is 0.465 e. The van der Waals surface area contributed by atoms with E-state index in [1.165, 1.54) is 37.6 Å². The topological polar surface area (TPSA) is 68.7 Å². The van der Waals surface area contributed by atoms with Gasteiger partial charge in [-0.25, -0.2) is 9.18 Å². The maximum Gasteiger partial charge on any atom is 0.339 e. The quantitative estimate of drug-likeness (QED) is 0.799. The normalized spacial score (nSPS) is 17.2. The lowest BCUT2D eigenvalue weighted by molar-refractivity contribution is -0.0230. The molecule has 6 nitrogen and oxygen atoms in total. The molecule has 1 aromatic carbocycles. The molecule has 1 unspecified atom stereocenters. The zero-order chi connectivity index (χ0) is 17.8. The van der Waals surface area contributed by atoms with Crippen LogP contribution in [0.1, 0.15) is 32.5 Å². The summed E-state index contributed by atoms with van der Waals surface area (Å²) in [6.07, 6.45) is 1.00. The average Bonchev–Trinajstić information content (AvgIpc) is 2.67. The third-order valence-electron chi connectivity index (χ3n) is 4.00. The molecule has 1 aromatic heterocycles. The molecule has 0 aliphatic carbocycles. The van der Waals surface area contributed by atoms with E-state index in [0.717, 1.165) is 5.56 Å². The van der Waals surface area contributed by atoms with Crippen LogP contribution in [0.3, 0.4) is 0 Å². The Kier molecular flexibility index (Phi) is 5.04. The molecule has 1 aliphatic heterocycles. The Bertz CT molecular complexity index is 762. The van der Waals surface area contributed by atoms with Crippen molar-refractivity contribution in [1.82, 2.24) is 9.88 Å². The van der Waals surface area contributed by atoms with Crippen molar-refractivity contribution in [2.24, 2.45) is 0 Å². The second-order valence-corrected chi connectivity index (χ2v) is 5.59. The summed E-state index contributed by atoms with van der Waals surface area (Å²) in [5, 5.41) is 0. The van der Waals surface area contributed by atoms with E-state index in [1.807, 2.05) is 0 Å². The number of ether oxygens (including phenoxy) is 2. The first-order valence-electron chi connectivity index (χ1n) is 7.79. The van der Waals surface area contributed by atoms with Gasteiger partial charge in [0, 0.05) is 12.7 Å². The number of benzene rings is 1. The summed E-state index contributed by atoms with van der Waals surface area (Å²) < 4.78 is 23.3. The zero-order valence-corrected chi connectivity index (χ0v) is 13.6. The first kappa shape index (κ1) is 17.0. The molecule has 130 valence electrons. The highest BCUT2D eigenvalue weighted by molar-refractivity contribution is 5.94. The predicted octanol–water partition coefficient (Wildman–Crippen LogP) is 2.22. The van der Waals surface area contributed by atoms with Crippen LogP contribution in [0, 0.1) is 5.82 Å². The number of morpholine rings is 1. The fraction of sp³-hybridized carbons (Fsp3) is 0.278. The number of esters is 1. The molecule has 0 bridgehead atoms. The summed E-state index contributed by atoms with van der Waals surface area (Å²) in [4.78, 5) is 29.7. The Morgan fingerprint density at radius 1 is 1.24 bits per heavy atom. The third kappa shape index (κ3) is 3.83. The third-order valence-corrected chi connectivity index (χ3v) is 4.00. The van der Waals surface area contributed by atoms with E-state index in [0.29, 0.717) is 19.7 Å². The minimum Gasteiger partial charge on any atom is -0.465 e. The van der Waals surface area contributed by atoms with Crippen molar-refractivity contribution in [3.63, 3.8) is 0 Å². The van der Waals surface area contributed by atoms with Crippen LogP contribution in [0.4, 0.5) is 4.39 Å². The molecule has 0 spiro atoms. The molecule has 0 saturated carbocycles. The van der Waals surface area contributed by atoms with Crippen molar-refractivity contribution in [1.29, 1.82) is 0 Å². The number of pyridine rings is 1. The van der Waals surface area contributed by atoms with Gasteiger partial charge in [-0.05, 0) is 29.8 Å². The molecule has 1 saturated heterocycles. The van der Waals surface area contributed by atoms with Crippen LogP contribution in [0.15, 0.2) is 42.6 Å². The second kappa shape index (κ2) is 7.40. The van der Waals surface area contributed by atoms with Crippen molar-refractivity contribution in [3.8, 4) is 0 Å². The molecule has 1 atom stereocenters. The first-order chi connectivity index (χ1) is 12.1. The van der Waals surface area contributed by atoms with Gasteiger partial charge in [-0.2, -0.15) is 0 Å². The number of aromatic nitrogens is 1. The van der Waals surface area contributed by atoms with Gasteiger partial charge in [-0.1, -0.05) is 12.1 Å². The fourth-order valence-electron chi connectivity index (χ4n) is 2.63. The van der Waals surface area contributed by atoms with Gasteiger partial charge in [0.25, 0.3) is 5.91 Å². The fourth-order valence-corrected chi connectivity index (χ4v) is 2.63. The molecule has 25 heavy (non-hydrogen) atoms. The summed E-state index contributed by atoms with van der Waals surface area (Å²) in [6.45, 7) is 1.18. The second-order valence-electron chi connectivity index (χ2n) is 5.59. The molecular weight excluding hydrogens is 327 g/mol. The van der Waals surface area contributed by atoms with Gasteiger partial charge >= 0.3 is 5.97 Å². The van der Waals surface area contributed by atoms with E-state index in [2.05, 4.69) is 9.72 Å². The number of hydrogen-bond acceptors (Lipinski definition) is 5. The molecule has 2 aromatic rings. The van der Waals surface area contributed by atoms with E-state index < -0.39 is 5.97 Å². The maximum absolute atomic E-state index is 13.0. The highest BCUT2D eigenvalue weighted by Gasteiger charge is 2.27. The Balaban J connectivity index is 1.71. The van der Waals surface area contributed by atoms with Gasteiger partial charge in [0.15, 0.2) is 0 Å². The van der Waals surface area contributed by atoms with Gasteiger partial charge in [0.2, 0.25) is 0 Å². The van der Waals surface area contributed by atoms with Gasteiger partial charge in [-0.15, -0.1) is 0 Å². The van der Waals surface area contributed by atoms with Crippen molar-refractivity contribution < 1.29 is 23.5 Å². The summed E-state index contributed by atoms with van der Waals surface area (Å²) in [7, 11) is 1.28. The SMILES string of the molecule is COC(=O)c1ccc(C(=O)N2CCOC(c3ccc(F)cc3)C2)nc1. The summed E-state index contributed by atoms with van der Waals surface area (Å²) in [5.74, 6) is -1.07. The van der Waals surface area contributed by atoms with E-state index in [1.54, 1.807) is 17.0 Å². The number of carbonyl (C=O) groups is 2. The van der Waals surface area contributed by atoms with Crippen molar-refractivity contribution in [2.75, 3.05) is 26.8 Å². The Hall–Kier alpha value is -2.80. The summed E-state index contributed by atoms with van der Waals surface area (Å²) in [6, 6.07) is 9.04. The monoisotopic (exact) mass is 344 g/mol. The average molecular weight is 344 g/mol. The van der Waals surface area contributed by atoms with E-state index in [9.17, 15) is 14.0 Å². The van der Waals surface area contributed by atoms with Crippen LogP contribution in [0.25, 0.3) is 0 Å². The lowest BCUT2D eigenvalue weighted by Gasteiger charge is -2.33. The zero-order valence-electron chi connectivity index (χ0n) is 13.6. The first-order valence-corrected chi connectivity index (χ1v) is 7.79. The molecule has 0 radical (unpaired) electrons. The van der Waals surface area contributed by atoms with Crippen LogP contribution in [-0.4, -0.2) is 48.6 Å². The minimum absolute atomic E-state index is 0.243. The Labute approximate surface area is 144 Å². The lowest BCUT2D eigenvalue weighted by atomic mass is 10.1. The highest BCUT2D eigenvalue weighted by Crippen LogP contribution is 2.23. The molecule has 0 N–H and O–H groups in total. The van der Waals surface area contributed by atoms with E-state index in [4.69, 9.17) is 4.74 Å². The van der Waals surface area contributed by atoms with Crippen molar-refractivity contribution in [3.05, 3.63) is 65.2 Å². The predicted molar refractivity (Wildman–Crippen MR) is 86.6 cm³/mol. The molecule has 2 heterocycles. The van der Waals surface area contributed by atoms with Crippen LogP contribution in [-0.2, 0) is 9.47 Å². The van der Waals surface area contributed by atoms with Crippen molar-refractivity contribution in [2.45, 2.75) is 6.10 Å². The van der Waals surface area contributed by atoms with Gasteiger partial charge < -0.3 is 14.4 Å². The Morgan fingerprint density at radius 3 is 2.64 bits per heavy atom. The van der Waals surface area contributed by atoms with E-state index in [-0.39, 0.29) is 29.1 Å². The van der Waals surface area contributed by atoms with E-state index >= 15 is 0 Å². The number of carbonyl (C=O) groups excluding carboxylic acids is 2. The van der Waals surface area contributed by atoms with Crippen LogP contribution in [0.5, 0.6) is 0 Å². The van der Waals surface area contributed by atoms with Gasteiger partial charge in [0.05, 0.1) is 25.8 Å². The number of nitrogens with zero attached hydrogens (tertiary/aromatic N) is 2. The summed E-state index contributed by atoms with van der Waals surface area (Å²) in [5.41, 5.74) is 1.34. The Morgan fingerprint density at radius 2 is 2.00 bits per heavy atom. The van der Waals surface area contributed by atoms with Crippen LogP contribution in [0.2, 0.25) is 0 Å². The standard InChI is InChI=1S/C18H17FN2O4/c1-24-18(23)13-4-7-15(20-10-13)17(22)21-8-9-25-16(11-21)12-2-5-14(19)6-3-12/h2-7,10,16H,8-9,11H2,1H3. The highest BCUT2D eigenvalue weighted by atomic mass is 19.1. The van der Waals surface area contributed by atoms with Crippen LogP contribution >= 0.6 is 0 Å². The molecule has 3 rings (SSSR count). The van der Waals surface area contributed by atoms with Gasteiger partial charge in [0.1, 0.15) is 17.6 Å². The minimum atomic E-state index is -0.505. The molecule has 1 amide bonds. The number of amides is 1. The maximum atomic E-state index is 13.0. The molecule has 1 fully saturated rings. The summed E-state index contributed by atoms with van der Waals surface area (Å²) >= 11 is 0.